The van der Waals surface area contributed by atoms with Crippen LogP contribution >= 0.6 is 11.6 Å². The number of benzene rings is 1. The number of fused-ring (bicyclic) bond motifs is 2. The third-order valence-corrected chi connectivity index (χ3v) is 8.24. The van der Waals surface area contributed by atoms with E-state index in [-0.39, 0.29) is 50.4 Å². The molecule has 5 rings (SSSR count). The van der Waals surface area contributed by atoms with Crippen molar-refractivity contribution in [2.75, 3.05) is 31.1 Å². The predicted molar refractivity (Wildman–Crippen MR) is 146 cm³/mol. The number of likely N-dealkylation sites (tertiary alicyclic amines) is 1. The smallest absolute Gasteiger partial charge is 0.313 e. The molecular formula is C29H34ClN3O7. The standard InChI is InChI=1S/C29H34ClN3O7/c1-18-17-31-22(35)7-3-2-4-14-32(20-10-8-19(30)9-11-20)27(37)25-29-13-12-21(40-29)23(28(38)39-18)24(29)26(36)33(25)15-5-6-16-34/h2,4,8-13,18,21,23-25,34H,3,5-7,14-17H2,1H3,(H,31,35)/b4-2-/t18-,21+,23-,24-,25+,29-/m1/s1. The van der Waals surface area contributed by atoms with Crippen LogP contribution in [0.1, 0.15) is 32.6 Å². The fourth-order valence-corrected chi connectivity index (χ4v) is 6.25. The zero-order valence-electron chi connectivity index (χ0n) is 22.3. The van der Waals surface area contributed by atoms with Crippen molar-refractivity contribution in [2.24, 2.45) is 11.8 Å². The molecule has 1 spiro atoms. The van der Waals surface area contributed by atoms with E-state index in [1.807, 2.05) is 12.2 Å². The number of amides is 3. The van der Waals surface area contributed by atoms with Gasteiger partial charge >= 0.3 is 5.97 Å². The Morgan fingerprint density at radius 2 is 1.88 bits per heavy atom. The number of nitrogens with one attached hydrogen (secondary N) is 1. The molecular weight excluding hydrogens is 538 g/mol. The molecule has 2 saturated heterocycles. The number of hydrogen-bond acceptors (Lipinski definition) is 7. The molecule has 0 aliphatic carbocycles. The summed E-state index contributed by atoms with van der Waals surface area (Å²) in [5.74, 6) is -3.34. The lowest BCUT2D eigenvalue weighted by atomic mass is 9.74. The molecule has 0 unspecified atom stereocenters. The van der Waals surface area contributed by atoms with Gasteiger partial charge in [0.05, 0.1) is 18.6 Å². The number of allylic oxidation sites excluding steroid dienone is 1. The maximum absolute atomic E-state index is 14.5. The van der Waals surface area contributed by atoms with Crippen LogP contribution in [0.25, 0.3) is 0 Å². The van der Waals surface area contributed by atoms with E-state index in [1.165, 1.54) is 4.90 Å². The van der Waals surface area contributed by atoms with Gasteiger partial charge in [-0.2, -0.15) is 0 Å². The molecule has 40 heavy (non-hydrogen) atoms. The molecule has 0 saturated carbocycles. The van der Waals surface area contributed by atoms with Crippen LogP contribution in [-0.2, 0) is 28.7 Å². The fourth-order valence-electron chi connectivity index (χ4n) is 6.12. The van der Waals surface area contributed by atoms with E-state index in [1.54, 1.807) is 48.2 Å². The average molecular weight is 572 g/mol. The van der Waals surface area contributed by atoms with Crippen LogP contribution in [0.3, 0.4) is 0 Å². The van der Waals surface area contributed by atoms with Gasteiger partial charge in [0, 0.05) is 36.8 Å². The molecule has 2 fully saturated rings. The maximum Gasteiger partial charge on any atom is 0.313 e. The summed E-state index contributed by atoms with van der Waals surface area (Å²) in [5.41, 5.74) is -0.750. The number of aliphatic hydroxyl groups excluding tert-OH is 1. The van der Waals surface area contributed by atoms with Gasteiger partial charge in [0.2, 0.25) is 11.8 Å². The second-order valence-corrected chi connectivity index (χ2v) is 11.1. The Morgan fingerprint density at radius 3 is 2.62 bits per heavy atom. The third kappa shape index (κ3) is 5.15. The number of ether oxygens (including phenoxy) is 2. The molecule has 1 aromatic rings. The van der Waals surface area contributed by atoms with Crippen molar-refractivity contribution in [3.63, 3.8) is 0 Å². The fraction of sp³-hybridized carbons (Fsp3) is 0.517. The van der Waals surface area contributed by atoms with E-state index >= 15 is 0 Å². The molecule has 214 valence electrons. The summed E-state index contributed by atoms with van der Waals surface area (Å²) in [6.07, 6.45) is 7.47. The number of cyclic esters (lactones) is 1. The minimum Gasteiger partial charge on any atom is -0.460 e. The normalized spacial score (nSPS) is 33.2. The van der Waals surface area contributed by atoms with Crippen molar-refractivity contribution < 1.29 is 33.8 Å². The monoisotopic (exact) mass is 571 g/mol. The maximum atomic E-state index is 14.5. The number of unbranched alkanes of at least 4 members (excludes halogenated alkanes) is 1. The van der Waals surface area contributed by atoms with Crippen LogP contribution in [0.2, 0.25) is 5.02 Å². The van der Waals surface area contributed by atoms with Gasteiger partial charge in [-0.15, -0.1) is 0 Å². The largest absolute Gasteiger partial charge is 0.460 e. The number of halogens is 1. The SMILES string of the molecule is C[C@@H]1CNC(=O)CC/C=C\CN(c2ccc(Cl)cc2)C(=O)[C@@H]2N(CCCCO)C(=O)[C@H]3[C@H](C(=O)O1)[C@@H]1C=C[C@]23O1. The van der Waals surface area contributed by atoms with Crippen molar-refractivity contribution in [1.82, 2.24) is 10.2 Å². The second-order valence-electron chi connectivity index (χ2n) is 10.7. The highest BCUT2D eigenvalue weighted by Crippen LogP contribution is 2.55. The Morgan fingerprint density at radius 1 is 1.10 bits per heavy atom. The number of anilines is 1. The zero-order chi connectivity index (χ0) is 28.4. The van der Waals surface area contributed by atoms with E-state index in [9.17, 15) is 24.3 Å². The molecule has 0 aromatic heterocycles. The van der Waals surface area contributed by atoms with Crippen molar-refractivity contribution in [1.29, 1.82) is 0 Å². The van der Waals surface area contributed by atoms with Gasteiger partial charge in [0.15, 0.2) is 0 Å². The van der Waals surface area contributed by atoms with Crippen LogP contribution in [0.15, 0.2) is 48.6 Å². The van der Waals surface area contributed by atoms with Gasteiger partial charge in [0.25, 0.3) is 5.91 Å². The number of esters is 1. The molecule has 1 aromatic carbocycles. The third-order valence-electron chi connectivity index (χ3n) is 7.99. The van der Waals surface area contributed by atoms with Gasteiger partial charge in [-0.3, -0.25) is 19.2 Å². The first-order valence-electron chi connectivity index (χ1n) is 13.7. The molecule has 4 aliphatic rings. The average Bonchev–Trinajstić information content (AvgIpc) is 3.57. The molecule has 0 radical (unpaired) electrons. The highest BCUT2D eigenvalue weighted by molar-refractivity contribution is 6.30. The minimum absolute atomic E-state index is 0.0429. The lowest BCUT2D eigenvalue weighted by Gasteiger charge is -2.36. The van der Waals surface area contributed by atoms with Gasteiger partial charge in [0.1, 0.15) is 23.7 Å². The highest BCUT2D eigenvalue weighted by atomic mass is 35.5. The van der Waals surface area contributed by atoms with E-state index in [0.717, 1.165) is 0 Å². The first kappa shape index (κ1) is 28.3. The van der Waals surface area contributed by atoms with Gasteiger partial charge < -0.3 is 29.7 Å². The van der Waals surface area contributed by atoms with Crippen LogP contribution in [-0.4, -0.2) is 83.8 Å². The summed E-state index contributed by atoms with van der Waals surface area (Å²) in [6, 6.07) is 5.81. The van der Waals surface area contributed by atoms with Crippen molar-refractivity contribution in [3.05, 3.63) is 53.6 Å². The lowest BCUT2D eigenvalue weighted by Crippen LogP contribution is -2.56. The number of aliphatic hydroxyl groups is 1. The molecule has 11 heteroatoms. The molecule has 4 heterocycles. The first-order chi connectivity index (χ1) is 19.3. The number of carbonyl (C=O) groups excluding carboxylic acids is 4. The Labute approximate surface area is 237 Å². The number of hydrogen-bond donors (Lipinski definition) is 2. The number of nitrogens with zero attached hydrogens (tertiary/aromatic N) is 2. The Balaban J connectivity index is 1.57. The number of carbonyl (C=O) groups is 4. The molecule has 3 amide bonds. The Kier molecular flexibility index (Phi) is 8.30. The zero-order valence-corrected chi connectivity index (χ0v) is 23.1. The minimum atomic E-state index is -1.33. The van der Waals surface area contributed by atoms with Crippen molar-refractivity contribution in [2.45, 2.75) is 56.5 Å². The van der Waals surface area contributed by atoms with Crippen molar-refractivity contribution in [3.8, 4) is 0 Å². The summed E-state index contributed by atoms with van der Waals surface area (Å²) in [6.45, 7) is 2.20. The van der Waals surface area contributed by atoms with Crippen molar-refractivity contribution >= 4 is 41.0 Å². The highest BCUT2D eigenvalue weighted by Gasteiger charge is 2.73. The summed E-state index contributed by atoms with van der Waals surface area (Å²) >= 11 is 6.12. The van der Waals surface area contributed by atoms with Crippen LogP contribution in [0.4, 0.5) is 5.69 Å². The summed E-state index contributed by atoms with van der Waals surface area (Å²) < 4.78 is 12.1. The molecule has 2 N–H and O–H groups in total. The van der Waals surface area contributed by atoms with Gasteiger partial charge in [-0.1, -0.05) is 35.9 Å². The second kappa shape index (κ2) is 11.7. The topological polar surface area (TPSA) is 125 Å². The molecule has 10 nitrogen and oxygen atoms in total. The van der Waals surface area contributed by atoms with E-state index in [2.05, 4.69) is 5.32 Å². The molecule has 6 atom stereocenters. The Hall–Kier alpha value is -3.21. The van der Waals surface area contributed by atoms with Gasteiger partial charge in [-0.05, 0) is 50.5 Å². The molecule has 4 aliphatic heterocycles. The molecule has 5 bridgehead atoms. The summed E-state index contributed by atoms with van der Waals surface area (Å²) in [7, 11) is 0. The predicted octanol–water partition coefficient (Wildman–Crippen LogP) is 1.99. The van der Waals surface area contributed by atoms with E-state index < -0.39 is 41.7 Å². The van der Waals surface area contributed by atoms with Crippen LogP contribution in [0.5, 0.6) is 0 Å². The van der Waals surface area contributed by atoms with Crippen LogP contribution in [0, 0.1) is 11.8 Å². The van der Waals surface area contributed by atoms with Gasteiger partial charge in [-0.25, -0.2) is 0 Å². The van der Waals surface area contributed by atoms with Crippen LogP contribution < -0.4 is 10.2 Å². The van der Waals surface area contributed by atoms with E-state index in [4.69, 9.17) is 21.1 Å². The Bertz CT molecular complexity index is 1220. The summed E-state index contributed by atoms with van der Waals surface area (Å²) in [4.78, 5) is 57.3. The quantitative estimate of drug-likeness (QED) is 0.314. The number of rotatable bonds is 5. The lowest BCUT2D eigenvalue weighted by molar-refractivity contribution is -0.158. The summed E-state index contributed by atoms with van der Waals surface area (Å²) in [5, 5.41) is 12.7. The first-order valence-corrected chi connectivity index (χ1v) is 14.1. The van der Waals surface area contributed by atoms with E-state index in [0.29, 0.717) is 30.0 Å².